The monoisotopic (exact) mass is 661 g/mol. The highest BCUT2D eigenvalue weighted by molar-refractivity contribution is 6.36. The average Bonchev–Trinajstić information content (AvgIpc) is 3.61. The van der Waals surface area contributed by atoms with E-state index in [0.29, 0.717) is 75.9 Å². The van der Waals surface area contributed by atoms with E-state index in [2.05, 4.69) is 15.1 Å². The molecular formula is C36H38ClF2N5O3. The van der Waals surface area contributed by atoms with E-state index in [9.17, 15) is 9.50 Å². The first kappa shape index (κ1) is 29.7. The Morgan fingerprint density at radius 1 is 1.04 bits per heavy atom. The largest absolute Gasteiger partial charge is 0.508 e. The lowest BCUT2D eigenvalue weighted by molar-refractivity contribution is 0.107. The third-order valence-electron chi connectivity index (χ3n) is 11.0. The number of phenolic OH excluding ortho intramolecular Hbond substituents is 1. The van der Waals surface area contributed by atoms with E-state index in [-0.39, 0.29) is 29.4 Å². The fraction of sp³-hybridized carbons (Fsp3) is 0.500. The molecule has 4 aromatic rings. The Morgan fingerprint density at radius 2 is 1.87 bits per heavy atom. The fourth-order valence-corrected chi connectivity index (χ4v) is 8.79. The number of benzene rings is 3. The lowest BCUT2D eigenvalue weighted by Crippen LogP contribution is -2.51. The fourth-order valence-electron chi connectivity index (χ4n) is 8.51. The molecule has 2 unspecified atom stereocenters. The lowest BCUT2D eigenvalue weighted by atomic mass is 9.95. The van der Waals surface area contributed by atoms with Crippen LogP contribution in [0.15, 0.2) is 36.4 Å². The number of piperazine rings is 1. The van der Waals surface area contributed by atoms with Gasteiger partial charge in [-0.1, -0.05) is 23.7 Å². The smallest absolute Gasteiger partial charge is 0.319 e. The zero-order valence-corrected chi connectivity index (χ0v) is 26.9. The van der Waals surface area contributed by atoms with Crippen molar-refractivity contribution in [3.05, 3.63) is 47.2 Å². The van der Waals surface area contributed by atoms with E-state index >= 15 is 4.39 Å². The Bertz CT molecular complexity index is 1880. The third-order valence-corrected chi connectivity index (χ3v) is 11.3. The number of nitrogens with zero attached hydrogens (tertiary/aromatic N) is 4. The molecule has 11 heteroatoms. The number of nitrogens with one attached hydrogen (secondary N) is 1. The molecule has 4 aliphatic heterocycles. The number of rotatable bonds is 8. The minimum absolute atomic E-state index is 0.00537. The maximum absolute atomic E-state index is 17.4. The molecule has 0 amide bonds. The second-order valence-corrected chi connectivity index (χ2v) is 14.7. The van der Waals surface area contributed by atoms with E-state index in [1.54, 1.807) is 18.2 Å². The molecule has 5 aliphatic rings. The van der Waals surface area contributed by atoms with Gasteiger partial charge in [-0.3, -0.25) is 4.90 Å². The van der Waals surface area contributed by atoms with E-state index in [4.69, 9.17) is 31.0 Å². The number of hydrogen-bond acceptors (Lipinski definition) is 8. The molecule has 1 saturated carbocycles. The van der Waals surface area contributed by atoms with Gasteiger partial charge in [0.1, 0.15) is 35.6 Å². The van der Waals surface area contributed by atoms with Crippen molar-refractivity contribution in [2.24, 2.45) is 5.92 Å². The van der Waals surface area contributed by atoms with Gasteiger partial charge in [-0.15, -0.1) is 0 Å². The van der Waals surface area contributed by atoms with Crippen LogP contribution in [0.3, 0.4) is 0 Å². The summed E-state index contributed by atoms with van der Waals surface area (Å²) < 4.78 is 44.7. The topological polar surface area (TPSA) is 83.0 Å². The van der Waals surface area contributed by atoms with Gasteiger partial charge in [-0.05, 0) is 80.6 Å². The maximum Gasteiger partial charge on any atom is 0.319 e. The number of fused-ring (bicyclic) bond motifs is 5. The van der Waals surface area contributed by atoms with E-state index in [0.717, 1.165) is 58.2 Å². The summed E-state index contributed by atoms with van der Waals surface area (Å²) in [5, 5.41) is 16.7. The Labute approximate surface area is 277 Å². The van der Waals surface area contributed by atoms with Crippen LogP contribution in [0.25, 0.3) is 32.8 Å². The van der Waals surface area contributed by atoms with Crippen molar-refractivity contribution in [2.75, 3.05) is 44.3 Å². The van der Waals surface area contributed by atoms with Gasteiger partial charge in [0.15, 0.2) is 5.82 Å². The van der Waals surface area contributed by atoms with Crippen molar-refractivity contribution in [3.63, 3.8) is 0 Å². The van der Waals surface area contributed by atoms with Crippen LogP contribution >= 0.6 is 11.6 Å². The number of halogens is 3. The van der Waals surface area contributed by atoms with Gasteiger partial charge in [0.2, 0.25) is 0 Å². The first-order valence-corrected chi connectivity index (χ1v) is 17.3. The second-order valence-electron chi connectivity index (χ2n) is 14.3. The Morgan fingerprint density at radius 3 is 2.68 bits per heavy atom. The average molecular weight is 662 g/mol. The Balaban J connectivity index is 1.22. The number of anilines is 1. The molecule has 1 aromatic heterocycles. The molecule has 2 N–H and O–H groups in total. The van der Waals surface area contributed by atoms with Gasteiger partial charge < -0.3 is 24.8 Å². The summed E-state index contributed by atoms with van der Waals surface area (Å²) >= 11 is 6.73. The van der Waals surface area contributed by atoms with Crippen molar-refractivity contribution >= 4 is 39.1 Å². The van der Waals surface area contributed by atoms with Gasteiger partial charge in [-0.2, -0.15) is 9.97 Å². The van der Waals surface area contributed by atoms with Crippen molar-refractivity contribution < 1.29 is 23.4 Å². The minimum Gasteiger partial charge on any atom is -0.508 e. The summed E-state index contributed by atoms with van der Waals surface area (Å²) in [5.41, 5.74) is 0.343. The highest BCUT2D eigenvalue weighted by Crippen LogP contribution is 2.47. The van der Waals surface area contributed by atoms with Crippen molar-refractivity contribution in [1.29, 1.82) is 0 Å². The molecule has 4 atom stereocenters. The molecule has 0 spiro atoms. The summed E-state index contributed by atoms with van der Waals surface area (Å²) in [6.45, 7) is 3.44. The zero-order chi connectivity index (χ0) is 31.9. The SMILES string of the molecule is Oc1cc(-c2c(OCC3CC3)cc3c(N4CC5CCC(C4)N5)nc(OC[C@@]45CCCN4C[C@H](F)C5)nc3c2F)c2c(Cl)cccc2c1. The van der Waals surface area contributed by atoms with Gasteiger partial charge in [0.25, 0.3) is 0 Å². The summed E-state index contributed by atoms with van der Waals surface area (Å²) in [6, 6.07) is 11.2. The first-order chi connectivity index (χ1) is 22.8. The predicted molar refractivity (Wildman–Crippen MR) is 178 cm³/mol. The lowest BCUT2D eigenvalue weighted by Gasteiger charge is -2.35. The Kier molecular flexibility index (Phi) is 7.14. The van der Waals surface area contributed by atoms with Crippen LogP contribution in [0.5, 0.6) is 17.5 Å². The van der Waals surface area contributed by atoms with Gasteiger partial charge in [0.05, 0.1) is 17.7 Å². The minimum atomic E-state index is -0.888. The van der Waals surface area contributed by atoms with Crippen LogP contribution in [0, 0.1) is 11.7 Å². The molecule has 1 aliphatic carbocycles. The zero-order valence-electron chi connectivity index (χ0n) is 26.2. The van der Waals surface area contributed by atoms with Crippen molar-refractivity contribution in [1.82, 2.24) is 20.2 Å². The number of aromatic nitrogens is 2. The van der Waals surface area contributed by atoms with Crippen LogP contribution in [0.2, 0.25) is 5.02 Å². The highest BCUT2D eigenvalue weighted by atomic mass is 35.5. The highest BCUT2D eigenvalue weighted by Gasteiger charge is 2.49. The Hall–Kier alpha value is -3.47. The van der Waals surface area contributed by atoms with Gasteiger partial charge >= 0.3 is 6.01 Å². The third kappa shape index (κ3) is 5.23. The normalized spacial score (nSPS) is 27.2. The predicted octanol–water partition coefficient (Wildman–Crippen LogP) is 6.63. The van der Waals surface area contributed by atoms with Crippen LogP contribution in [0.4, 0.5) is 14.6 Å². The maximum atomic E-state index is 17.4. The van der Waals surface area contributed by atoms with Gasteiger partial charge in [-0.25, -0.2) is 8.78 Å². The standard InChI is InChI=1S/C36H38ClF2N5O3/c37-28-4-1-3-21-11-25(45)12-26(30(21)28)31-29(46-18-20-5-6-20)13-27-33(32(31)39)41-35(42-34(27)43-16-23-7-8-24(17-43)40-23)47-19-36-9-2-10-44(36)15-22(38)14-36/h1,3-4,11-13,20,22-24,40,45H,2,5-10,14-19H2/t22-,23?,24?,36+/m1/s1. The van der Waals surface area contributed by atoms with Crippen LogP contribution in [0.1, 0.15) is 44.9 Å². The summed E-state index contributed by atoms with van der Waals surface area (Å²) in [7, 11) is 0. The molecule has 4 saturated heterocycles. The number of alkyl halides is 1. The van der Waals surface area contributed by atoms with Crippen molar-refractivity contribution in [2.45, 2.75) is 68.7 Å². The summed E-state index contributed by atoms with van der Waals surface area (Å²) in [5.74, 6) is 0.812. The van der Waals surface area contributed by atoms with Crippen LogP contribution in [-0.4, -0.2) is 83.2 Å². The van der Waals surface area contributed by atoms with E-state index < -0.39 is 17.5 Å². The van der Waals surface area contributed by atoms with Gasteiger partial charge in [0, 0.05) is 59.5 Å². The molecule has 5 heterocycles. The molecular weight excluding hydrogens is 624 g/mol. The van der Waals surface area contributed by atoms with Crippen molar-refractivity contribution in [3.8, 4) is 28.6 Å². The summed E-state index contributed by atoms with van der Waals surface area (Å²) in [6.07, 6.45) is 5.68. The van der Waals surface area contributed by atoms with Crippen LogP contribution < -0.4 is 19.7 Å². The molecule has 9 rings (SSSR count). The first-order valence-electron chi connectivity index (χ1n) is 17.0. The molecule has 0 radical (unpaired) electrons. The van der Waals surface area contributed by atoms with E-state index in [1.165, 1.54) is 6.07 Å². The quantitative estimate of drug-likeness (QED) is 0.218. The molecule has 246 valence electrons. The number of ether oxygens (including phenoxy) is 2. The van der Waals surface area contributed by atoms with E-state index in [1.807, 2.05) is 12.1 Å². The molecule has 8 nitrogen and oxygen atoms in total. The molecule has 2 bridgehead atoms. The second kappa shape index (κ2) is 11.3. The number of phenols is 1. The molecule has 47 heavy (non-hydrogen) atoms. The molecule has 3 aromatic carbocycles. The number of hydrogen-bond donors (Lipinski definition) is 2. The van der Waals surface area contributed by atoms with Crippen LogP contribution in [-0.2, 0) is 0 Å². The summed E-state index contributed by atoms with van der Waals surface area (Å²) in [4.78, 5) is 14.1. The number of aromatic hydroxyl groups is 1. The molecule has 5 fully saturated rings.